The molecule has 7 rings (SSSR count). The second-order valence-corrected chi connectivity index (χ2v) is 9.64. The number of aromatic nitrogens is 2. The van der Waals surface area contributed by atoms with Gasteiger partial charge in [0.05, 0.1) is 11.4 Å². The van der Waals surface area contributed by atoms with Crippen LogP contribution in [-0.2, 0) is 7.05 Å². The summed E-state index contributed by atoms with van der Waals surface area (Å²) in [6.45, 7) is 0. The second-order valence-electron chi connectivity index (χ2n) is 9.64. The summed E-state index contributed by atoms with van der Waals surface area (Å²) in [5.74, 6) is 0.000495. The number of azo groups is 1. The Morgan fingerprint density at radius 2 is 1.46 bits per heavy atom. The normalized spacial score (nSPS) is 12.4. The summed E-state index contributed by atoms with van der Waals surface area (Å²) in [5, 5.41) is 25.5. The molecule has 2 aromatic heterocycles. The molecule has 39 heavy (non-hydrogen) atoms. The molecule has 7 aromatic rings. The van der Waals surface area contributed by atoms with E-state index in [4.69, 9.17) is 0 Å². The summed E-state index contributed by atoms with van der Waals surface area (Å²) in [7, 11) is 2.05. The highest BCUT2D eigenvalue weighted by atomic mass is 16.3. The zero-order valence-corrected chi connectivity index (χ0v) is 21.3. The minimum atomic E-state index is 0.000495. The van der Waals surface area contributed by atoms with E-state index in [1.807, 2.05) is 72.8 Å². The van der Waals surface area contributed by atoms with Crippen LogP contribution >= 0.6 is 0 Å². The van der Waals surface area contributed by atoms with E-state index in [0.29, 0.717) is 0 Å². The highest BCUT2D eigenvalue weighted by molar-refractivity contribution is 5.92. The molecular weight excluding hydrogens is 480 g/mol. The summed E-state index contributed by atoms with van der Waals surface area (Å²) in [5.41, 5.74) is 6.95. The SMILES string of the molecule is C[n+]1c(-c2ccccc2)cc2/c(=C\c3ccc(N=Nc4cccc5ccccc45)cc3)c3cc([O-])ccc3n21. The Morgan fingerprint density at radius 1 is 0.692 bits per heavy atom. The monoisotopic (exact) mass is 504 g/mol. The molecule has 0 spiro atoms. The van der Waals surface area contributed by atoms with Crippen molar-refractivity contribution >= 4 is 44.6 Å². The van der Waals surface area contributed by atoms with Crippen molar-refractivity contribution in [3.05, 3.63) is 132 Å². The Hall–Kier alpha value is -5.29. The molecule has 0 saturated heterocycles. The van der Waals surface area contributed by atoms with Gasteiger partial charge in [-0.25, -0.2) is 0 Å². The lowest BCUT2D eigenvalue weighted by Gasteiger charge is -2.03. The van der Waals surface area contributed by atoms with Crippen molar-refractivity contribution in [3.63, 3.8) is 0 Å². The smallest absolute Gasteiger partial charge is 0.239 e. The number of hydrogen-bond donors (Lipinski definition) is 0. The predicted molar refractivity (Wildman–Crippen MR) is 154 cm³/mol. The fourth-order valence-corrected chi connectivity index (χ4v) is 5.33. The number of fused-ring (bicyclic) bond motifs is 4. The molecule has 0 radical (unpaired) electrons. The van der Waals surface area contributed by atoms with E-state index < -0.39 is 0 Å². The van der Waals surface area contributed by atoms with Crippen LogP contribution in [0.25, 0.3) is 44.5 Å². The standard InChI is InChI=1S/C34H24N4O/c1-37-33(25-9-3-2-4-10-25)22-34-29(30-21-27(39)18-19-32(30)38(34)37)20-23-14-16-26(17-15-23)35-36-31-13-7-11-24-8-5-6-12-28(24)31/h2-22H,1H3. The van der Waals surface area contributed by atoms with Gasteiger partial charge in [-0.15, -0.1) is 20.1 Å². The van der Waals surface area contributed by atoms with E-state index >= 15 is 0 Å². The van der Waals surface area contributed by atoms with Gasteiger partial charge in [-0.3, -0.25) is 0 Å². The van der Waals surface area contributed by atoms with Gasteiger partial charge in [0.25, 0.3) is 0 Å². The average molecular weight is 505 g/mol. The molecule has 0 atom stereocenters. The summed E-state index contributed by atoms with van der Waals surface area (Å²) < 4.78 is 4.32. The third-order valence-electron chi connectivity index (χ3n) is 7.23. The van der Waals surface area contributed by atoms with Crippen LogP contribution in [0, 0.1) is 0 Å². The molecule has 0 aliphatic carbocycles. The highest BCUT2D eigenvalue weighted by Crippen LogP contribution is 2.28. The lowest BCUT2D eigenvalue weighted by atomic mass is 10.1. The molecule has 186 valence electrons. The first-order valence-electron chi connectivity index (χ1n) is 12.9. The van der Waals surface area contributed by atoms with Crippen molar-refractivity contribution < 1.29 is 9.79 Å². The number of nitrogens with zero attached hydrogens (tertiary/aromatic N) is 4. The maximum atomic E-state index is 12.3. The molecule has 0 saturated carbocycles. The summed E-state index contributed by atoms with van der Waals surface area (Å²) in [4.78, 5) is 0. The number of hydrogen-bond acceptors (Lipinski definition) is 3. The van der Waals surface area contributed by atoms with Gasteiger partial charge in [-0.05, 0) is 53.4 Å². The van der Waals surface area contributed by atoms with Gasteiger partial charge in [0.2, 0.25) is 5.69 Å². The van der Waals surface area contributed by atoms with Crippen LogP contribution in [0.5, 0.6) is 5.75 Å². The maximum absolute atomic E-state index is 12.3. The average Bonchev–Trinajstić information content (AvgIpc) is 3.47. The van der Waals surface area contributed by atoms with Gasteiger partial charge in [0, 0.05) is 27.6 Å². The zero-order chi connectivity index (χ0) is 26.3. The molecule has 0 fully saturated rings. The van der Waals surface area contributed by atoms with E-state index in [2.05, 4.69) is 68.9 Å². The Kier molecular flexibility index (Phi) is 5.41. The van der Waals surface area contributed by atoms with Gasteiger partial charge < -0.3 is 5.11 Å². The van der Waals surface area contributed by atoms with Crippen LogP contribution < -0.4 is 15.0 Å². The Balaban J connectivity index is 1.31. The van der Waals surface area contributed by atoms with Gasteiger partial charge in [0.1, 0.15) is 11.0 Å². The number of benzene rings is 5. The molecule has 0 aliphatic rings. The molecule has 0 aliphatic heterocycles. The van der Waals surface area contributed by atoms with Crippen LogP contribution in [0.1, 0.15) is 5.56 Å². The van der Waals surface area contributed by atoms with Crippen molar-refractivity contribution in [2.75, 3.05) is 0 Å². The van der Waals surface area contributed by atoms with E-state index in [1.165, 1.54) is 0 Å². The van der Waals surface area contributed by atoms with Crippen molar-refractivity contribution in [2.24, 2.45) is 17.3 Å². The fourth-order valence-electron chi connectivity index (χ4n) is 5.33. The largest absolute Gasteiger partial charge is 0.872 e. The van der Waals surface area contributed by atoms with E-state index in [0.717, 1.165) is 60.6 Å². The maximum Gasteiger partial charge on any atom is 0.239 e. The first-order chi connectivity index (χ1) is 19.2. The van der Waals surface area contributed by atoms with Crippen molar-refractivity contribution in [3.8, 4) is 17.0 Å². The van der Waals surface area contributed by atoms with Crippen LogP contribution in [-0.4, -0.2) is 4.52 Å². The van der Waals surface area contributed by atoms with Gasteiger partial charge in [-0.2, -0.15) is 5.11 Å². The van der Waals surface area contributed by atoms with Gasteiger partial charge in [0.15, 0.2) is 7.05 Å². The quantitative estimate of drug-likeness (QED) is 0.193. The zero-order valence-electron chi connectivity index (χ0n) is 21.3. The molecule has 0 unspecified atom stereocenters. The minimum absolute atomic E-state index is 0.000495. The topological polar surface area (TPSA) is 56.1 Å². The molecule has 5 heteroatoms. The highest BCUT2D eigenvalue weighted by Gasteiger charge is 2.21. The van der Waals surface area contributed by atoms with Crippen LogP contribution in [0.3, 0.4) is 0 Å². The van der Waals surface area contributed by atoms with E-state index in [1.54, 1.807) is 12.1 Å². The Morgan fingerprint density at radius 3 is 2.31 bits per heavy atom. The lowest BCUT2D eigenvalue weighted by molar-refractivity contribution is -0.725. The first-order valence-corrected chi connectivity index (χ1v) is 12.9. The molecule has 0 amide bonds. The Bertz CT molecular complexity index is 2070. The van der Waals surface area contributed by atoms with Gasteiger partial charge >= 0.3 is 0 Å². The lowest BCUT2D eigenvalue weighted by Crippen LogP contribution is -2.36. The van der Waals surface area contributed by atoms with Crippen molar-refractivity contribution in [1.82, 2.24) is 4.52 Å². The minimum Gasteiger partial charge on any atom is -0.872 e. The third-order valence-corrected chi connectivity index (χ3v) is 7.23. The molecule has 5 aromatic carbocycles. The van der Waals surface area contributed by atoms with E-state index in [9.17, 15) is 5.11 Å². The van der Waals surface area contributed by atoms with Crippen molar-refractivity contribution in [2.45, 2.75) is 0 Å². The first kappa shape index (κ1) is 22.9. The molecule has 2 heterocycles. The number of aryl methyl sites for hydroxylation is 1. The third kappa shape index (κ3) is 4.01. The Labute approximate surface area is 225 Å². The van der Waals surface area contributed by atoms with Crippen molar-refractivity contribution in [1.29, 1.82) is 0 Å². The van der Waals surface area contributed by atoms with Crippen LogP contribution in [0.15, 0.2) is 132 Å². The fraction of sp³-hybridized carbons (Fsp3) is 0.0294. The summed E-state index contributed by atoms with van der Waals surface area (Å²) in [6.07, 6.45) is 2.14. The predicted octanol–water partition coefficient (Wildman–Crippen LogP) is 6.77. The molecule has 0 N–H and O–H groups in total. The molecule has 5 nitrogen and oxygen atoms in total. The molecular formula is C34H24N4O. The van der Waals surface area contributed by atoms with E-state index in [-0.39, 0.29) is 5.75 Å². The van der Waals surface area contributed by atoms with Gasteiger partial charge in [-0.1, -0.05) is 78.9 Å². The van der Waals surface area contributed by atoms with Crippen LogP contribution in [0.2, 0.25) is 0 Å². The summed E-state index contributed by atoms with van der Waals surface area (Å²) >= 11 is 0. The second kappa shape index (κ2) is 9.23. The summed E-state index contributed by atoms with van der Waals surface area (Å²) in [6, 6.07) is 40.0. The molecule has 0 bridgehead atoms. The number of rotatable bonds is 4. The van der Waals surface area contributed by atoms with Crippen LogP contribution in [0.4, 0.5) is 11.4 Å².